The number of sulfonamides is 1. The van der Waals surface area contributed by atoms with Crippen LogP contribution in [0, 0.1) is 0 Å². The molecule has 0 saturated carbocycles. The van der Waals surface area contributed by atoms with E-state index in [2.05, 4.69) is 10.0 Å². The summed E-state index contributed by atoms with van der Waals surface area (Å²) < 4.78 is 31.3. The molecule has 1 amide bonds. The van der Waals surface area contributed by atoms with Crippen LogP contribution in [0.5, 0.6) is 0 Å². The van der Waals surface area contributed by atoms with Crippen molar-refractivity contribution in [2.45, 2.75) is 11.4 Å². The molecule has 2 aromatic rings. The van der Waals surface area contributed by atoms with Crippen molar-refractivity contribution in [3.8, 4) is 0 Å². The summed E-state index contributed by atoms with van der Waals surface area (Å²) in [5.41, 5.74) is 1.25. The third-order valence-corrected chi connectivity index (χ3v) is 5.08. The average molecular weight is 383 g/mol. The summed E-state index contributed by atoms with van der Waals surface area (Å²) in [4.78, 5) is 12.2. The molecule has 25 heavy (non-hydrogen) atoms. The normalized spacial score (nSPS) is 11.3. The average Bonchev–Trinajstić information content (AvgIpc) is 2.60. The highest BCUT2D eigenvalue weighted by Gasteiger charge is 2.14. The van der Waals surface area contributed by atoms with E-state index in [1.165, 1.54) is 31.4 Å². The molecule has 0 aliphatic heterocycles. The van der Waals surface area contributed by atoms with Crippen LogP contribution in [0.1, 0.15) is 15.9 Å². The van der Waals surface area contributed by atoms with Gasteiger partial charge in [-0.3, -0.25) is 4.79 Å². The van der Waals surface area contributed by atoms with Gasteiger partial charge in [0.15, 0.2) is 0 Å². The van der Waals surface area contributed by atoms with Gasteiger partial charge in [0.05, 0.1) is 11.5 Å². The molecule has 2 N–H and O–H groups in total. The van der Waals surface area contributed by atoms with E-state index in [0.717, 1.165) is 5.56 Å². The lowest BCUT2D eigenvalue weighted by atomic mass is 10.2. The first-order valence-corrected chi connectivity index (χ1v) is 9.40. The van der Waals surface area contributed by atoms with Crippen LogP contribution in [0.3, 0.4) is 0 Å². The maximum atomic E-state index is 12.1. The Bertz CT molecular complexity index is 823. The van der Waals surface area contributed by atoms with Crippen LogP contribution in [0.25, 0.3) is 0 Å². The van der Waals surface area contributed by atoms with Crippen LogP contribution in [-0.4, -0.2) is 34.6 Å². The molecule has 0 aliphatic carbocycles. The number of rotatable bonds is 8. The standard InChI is InChI=1S/C17H19ClN2O4S/c1-24-10-9-20-25(22,23)16-7-5-14(6-8-16)17(21)19-12-13-3-2-4-15(18)11-13/h2-8,11,20H,9-10,12H2,1H3,(H,19,21). The third-order valence-electron chi connectivity index (χ3n) is 3.37. The summed E-state index contributed by atoms with van der Waals surface area (Å²) in [5, 5.41) is 3.36. The fraction of sp³-hybridized carbons (Fsp3) is 0.235. The number of ether oxygens (including phenoxy) is 1. The molecule has 0 heterocycles. The second kappa shape index (κ2) is 8.96. The highest BCUT2D eigenvalue weighted by atomic mass is 35.5. The van der Waals surface area contributed by atoms with Crippen molar-refractivity contribution in [3.63, 3.8) is 0 Å². The van der Waals surface area contributed by atoms with Gasteiger partial charge in [0.2, 0.25) is 10.0 Å². The van der Waals surface area contributed by atoms with Gasteiger partial charge in [-0.05, 0) is 42.0 Å². The van der Waals surface area contributed by atoms with Crippen LogP contribution in [0.4, 0.5) is 0 Å². The molecule has 0 bridgehead atoms. The molecule has 8 heteroatoms. The Hall–Kier alpha value is -1.93. The Morgan fingerprint density at radius 3 is 2.52 bits per heavy atom. The number of hydrogen-bond acceptors (Lipinski definition) is 4. The fourth-order valence-corrected chi connectivity index (χ4v) is 3.30. The summed E-state index contributed by atoms with van der Waals surface area (Å²) in [6.45, 7) is 0.794. The number of halogens is 1. The van der Waals surface area contributed by atoms with Crippen molar-refractivity contribution in [1.82, 2.24) is 10.0 Å². The Balaban J connectivity index is 1.98. The molecule has 0 aliphatic rings. The number of nitrogens with one attached hydrogen (secondary N) is 2. The minimum atomic E-state index is -3.61. The maximum absolute atomic E-state index is 12.1. The monoisotopic (exact) mass is 382 g/mol. The molecule has 0 saturated heterocycles. The number of carbonyl (C=O) groups excluding carboxylic acids is 1. The van der Waals surface area contributed by atoms with Gasteiger partial charge in [0.1, 0.15) is 0 Å². The Morgan fingerprint density at radius 2 is 1.88 bits per heavy atom. The van der Waals surface area contributed by atoms with E-state index in [1.54, 1.807) is 18.2 Å². The summed E-state index contributed by atoms with van der Waals surface area (Å²) >= 11 is 5.90. The lowest BCUT2D eigenvalue weighted by Crippen LogP contribution is -2.27. The largest absolute Gasteiger partial charge is 0.383 e. The van der Waals surface area contributed by atoms with E-state index in [1.807, 2.05) is 6.07 Å². The van der Waals surface area contributed by atoms with Gasteiger partial charge in [-0.1, -0.05) is 23.7 Å². The minimum Gasteiger partial charge on any atom is -0.383 e. The summed E-state index contributed by atoms with van der Waals surface area (Å²) in [5.74, 6) is -0.295. The molecule has 0 spiro atoms. The molecule has 2 rings (SSSR count). The van der Waals surface area contributed by atoms with E-state index in [9.17, 15) is 13.2 Å². The van der Waals surface area contributed by atoms with E-state index in [0.29, 0.717) is 17.1 Å². The van der Waals surface area contributed by atoms with Crippen molar-refractivity contribution in [3.05, 3.63) is 64.7 Å². The van der Waals surface area contributed by atoms with Crippen LogP contribution in [-0.2, 0) is 21.3 Å². The number of carbonyl (C=O) groups is 1. The summed E-state index contributed by atoms with van der Waals surface area (Å²) in [7, 11) is -2.12. The van der Waals surface area contributed by atoms with Gasteiger partial charge in [-0.15, -0.1) is 0 Å². The summed E-state index contributed by atoms with van der Waals surface area (Å²) in [6.07, 6.45) is 0. The quantitative estimate of drug-likeness (QED) is 0.685. The van der Waals surface area contributed by atoms with Crippen molar-refractivity contribution in [2.75, 3.05) is 20.3 Å². The molecule has 134 valence electrons. The van der Waals surface area contributed by atoms with E-state index >= 15 is 0 Å². The second-order valence-corrected chi connectivity index (χ2v) is 7.43. The fourth-order valence-electron chi connectivity index (χ4n) is 2.08. The Labute approximate surface area is 152 Å². The zero-order chi connectivity index (χ0) is 18.3. The number of benzene rings is 2. The van der Waals surface area contributed by atoms with Crippen LogP contribution in [0.15, 0.2) is 53.4 Å². The van der Waals surface area contributed by atoms with Gasteiger partial charge in [0, 0.05) is 30.8 Å². The molecule has 6 nitrogen and oxygen atoms in total. The maximum Gasteiger partial charge on any atom is 0.251 e. The van der Waals surface area contributed by atoms with E-state index in [-0.39, 0.29) is 24.0 Å². The Morgan fingerprint density at radius 1 is 1.16 bits per heavy atom. The predicted octanol–water partition coefficient (Wildman–Crippen LogP) is 2.19. The van der Waals surface area contributed by atoms with Gasteiger partial charge < -0.3 is 10.1 Å². The Kier molecular flexibility index (Phi) is 6.95. The lowest BCUT2D eigenvalue weighted by molar-refractivity contribution is 0.0951. The summed E-state index contributed by atoms with van der Waals surface area (Å²) in [6, 6.07) is 12.9. The zero-order valence-electron chi connectivity index (χ0n) is 13.7. The smallest absolute Gasteiger partial charge is 0.251 e. The van der Waals surface area contributed by atoms with Crippen LogP contribution < -0.4 is 10.0 Å². The lowest BCUT2D eigenvalue weighted by Gasteiger charge is -2.08. The predicted molar refractivity (Wildman–Crippen MR) is 96.1 cm³/mol. The highest BCUT2D eigenvalue weighted by molar-refractivity contribution is 7.89. The van der Waals surface area contributed by atoms with Crippen molar-refractivity contribution >= 4 is 27.5 Å². The first-order chi connectivity index (χ1) is 11.9. The van der Waals surface area contributed by atoms with Crippen molar-refractivity contribution in [2.24, 2.45) is 0 Å². The molecule has 0 fully saturated rings. The third kappa shape index (κ3) is 5.82. The molecule has 0 aromatic heterocycles. The molecule has 2 aromatic carbocycles. The topological polar surface area (TPSA) is 84.5 Å². The van der Waals surface area contributed by atoms with Crippen LogP contribution in [0.2, 0.25) is 5.02 Å². The molecule has 0 radical (unpaired) electrons. The van der Waals surface area contributed by atoms with Gasteiger partial charge in [-0.25, -0.2) is 13.1 Å². The van der Waals surface area contributed by atoms with E-state index in [4.69, 9.17) is 16.3 Å². The number of methoxy groups -OCH3 is 1. The van der Waals surface area contributed by atoms with Gasteiger partial charge in [-0.2, -0.15) is 0 Å². The highest BCUT2D eigenvalue weighted by Crippen LogP contribution is 2.12. The van der Waals surface area contributed by atoms with Crippen molar-refractivity contribution in [1.29, 1.82) is 0 Å². The first kappa shape index (κ1) is 19.4. The minimum absolute atomic E-state index is 0.0926. The molecular weight excluding hydrogens is 364 g/mol. The van der Waals surface area contributed by atoms with Gasteiger partial charge in [0.25, 0.3) is 5.91 Å². The zero-order valence-corrected chi connectivity index (χ0v) is 15.2. The van der Waals surface area contributed by atoms with E-state index < -0.39 is 10.0 Å². The molecule has 0 atom stereocenters. The first-order valence-electron chi connectivity index (χ1n) is 7.54. The molecule has 0 unspecified atom stereocenters. The number of amides is 1. The van der Waals surface area contributed by atoms with Crippen molar-refractivity contribution < 1.29 is 17.9 Å². The second-order valence-electron chi connectivity index (χ2n) is 5.23. The van der Waals surface area contributed by atoms with Crippen LogP contribution >= 0.6 is 11.6 Å². The molecular formula is C17H19ClN2O4S. The SMILES string of the molecule is COCCNS(=O)(=O)c1ccc(C(=O)NCc2cccc(Cl)c2)cc1. The number of hydrogen-bond donors (Lipinski definition) is 2. The van der Waals surface area contributed by atoms with Gasteiger partial charge >= 0.3 is 0 Å².